The van der Waals surface area contributed by atoms with Gasteiger partial charge in [0.05, 0.1) is 12.0 Å². The molecule has 1 saturated carbocycles. The maximum absolute atomic E-state index is 5.40. The van der Waals surface area contributed by atoms with Crippen LogP contribution in [0.5, 0.6) is 0 Å². The molecule has 0 aliphatic heterocycles. The van der Waals surface area contributed by atoms with Crippen molar-refractivity contribution in [3.05, 3.63) is 23.7 Å². The molecular weight excluding hydrogens is 260 g/mol. The Morgan fingerprint density at radius 1 is 1.57 bits per heavy atom. The van der Waals surface area contributed by atoms with Gasteiger partial charge in [-0.15, -0.1) is 0 Å². The van der Waals surface area contributed by atoms with Gasteiger partial charge in [-0.2, -0.15) is 11.8 Å². The third-order valence-corrected chi connectivity index (χ3v) is 5.32. The smallest absolute Gasteiger partial charge is 0.116 e. The molecule has 0 N–H and O–H groups in total. The van der Waals surface area contributed by atoms with Gasteiger partial charge in [-0.25, -0.2) is 0 Å². The van der Waals surface area contributed by atoms with Crippen LogP contribution in [0.25, 0.3) is 0 Å². The fourth-order valence-corrected chi connectivity index (χ4v) is 3.83. The van der Waals surface area contributed by atoms with E-state index in [4.69, 9.17) is 4.42 Å². The molecule has 0 unspecified atom stereocenters. The first kappa shape index (κ1) is 10.6. The summed E-state index contributed by atoms with van der Waals surface area (Å²) in [5.74, 6) is 3.42. The molecule has 0 atom stereocenters. The van der Waals surface area contributed by atoms with Crippen LogP contribution in [-0.4, -0.2) is 11.1 Å². The first-order valence-electron chi connectivity index (χ1n) is 4.92. The molecule has 1 aliphatic carbocycles. The minimum absolute atomic E-state index is 0.616. The number of hydrogen-bond donors (Lipinski definition) is 0. The van der Waals surface area contributed by atoms with Crippen molar-refractivity contribution in [3.8, 4) is 0 Å². The number of thioether (sulfide) groups is 1. The Labute approximate surface area is 97.8 Å². The zero-order valence-corrected chi connectivity index (χ0v) is 10.8. The first-order valence-corrected chi connectivity index (χ1v) is 7.20. The van der Waals surface area contributed by atoms with E-state index in [-0.39, 0.29) is 0 Å². The Morgan fingerprint density at radius 3 is 2.86 bits per heavy atom. The lowest BCUT2D eigenvalue weighted by Gasteiger charge is -2.09. The van der Waals surface area contributed by atoms with Crippen LogP contribution < -0.4 is 0 Å². The number of aryl methyl sites for hydroxylation is 1. The molecule has 0 aromatic carbocycles. The van der Waals surface area contributed by atoms with Gasteiger partial charge < -0.3 is 4.42 Å². The van der Waals surface area contributed by atoms with Crippen LogP contribution in [-0.2, 0) is 5.75 Å². The molecule has 0 bridgehead atoms. The molecule has 1 fully saturated rings. The van der Waals surface area contributed by atoms with Gasteiger partial charge in [0, 0.05) is 11.1 Å². The topological polar surface area (TPSA) is 13.1 Å². The lowest BCUT2D eigenvalue weighted by atomic mass is 10.2. The van der Waals surface area contributed by atoms with Crippen molar-refractivity contribution in [2.45, 2.75) is 25.5 Å². The Bertz CT molecular complexity index is 304. The van der Waals surface area contributed by atoms with Crippen molar-refractivity contribution in [2.24, 2.45) is 5.41 Å². The quantitative estimate of drug-likeness (QED) is 0.753. The van der Waals surface area contributed by atoms with Crippen molar-refractivity contribution in [1.29, 1.82) is 0 Å². The van der Waals surface area contributed by atoms with Gasteiger partial charge in [0.2, 0.25) is 0 Å². The molecule has 1 aromatic rings. The molecule has 0 saturated heterocycles. The SMILES string of the molecule is Cc1ccoc1CSCC1(CBr)CC1. The second-order valence-corrected chi connectivity index (χ2v) is 5.70. The van der Waals surface area contributed by atoms with Gasteiger partial charge in [-0.1, -0.05) is 15.9 Å². The second-order valence-electron chi connectivity index (χ2n) is 4.15. The van der Waals surface area contributed by atoms with E-state index in [1.807, 2.05) is 17.8 Å². The summed E-state index contributed by atoms with van der Waals surface area (Å²) in [6, 6.07) is 2.03. The molecule has 2 rings (SSSR count). The Kier molecular flexibility index (Phi) is 3.27. The number of halogens is 1. The predicted octanol–water partition coefficient (Wildman–Crippen LogP) is 4.00. The Hall–Kier alpha value is 0.110. The molecule has 1 aliphatic rings. The standard InChI is InChI=1S/C11H15BrOS/c1-9-2-5-13-10(9)6-14-8-11(7-12)3-4-11/h2,5H,3-4,6-8H2,1H3. The largest absolute Gasteiger partial charge is 0.468 e. The highest BCUT2D eigenvalue weighted by molar-refractivity contribution is 9.09. The van der Waals surface area contributed by atoms with Crippen molar-refractivity contribution < 1.29 is 4.42 Å². The summed E-state index contributed by atoms with van der Waals surface area (Å²) in [4.78, 5) is 0. The highest BCUT2D eigenvalue weighted by Crippen LogP contribution is 2.49. The van der Waals surface area contributed by atoms with Crippen LogP contribution in [0.4, 0.5) is 0 Å². The van der Waals surface area contributed by atoms with Gasteiger partial charge >= 0.3 is 0 Å². The van der Waals surface area contributed by atoms with Gasteiger partial charge in [0.15, 0.2) is 0 Å². The van der Waals surface area contributed by atoms with Gasteiger partial charge in [0.1, 0.15) is 5.76 Å². The van der Waals surface area contributed by atoms with E-state index in [0.29, 0.717) is 5.41 Å². The van der Waals surface area contributed by atoms with Crippen molar-refractivity contribution >= 4 is 27.7 Å². The van der Waals surface area contributed by atoms with Gasteiger partial charge in [-0.05, 0) is 36.8 Å². The monoisotopic (exact) mass is 274 g/mol. The van der Waals surface area contributed by atoms with Crippen LogP contribution in [0.2, 0.25) is 0 Å². The van der Waals surface area contributed by atoms with Crippen LogP contribution in [0.15, 0.2) is 16.7 Å². The summed E-state index contributed by atoms with van der Waals surface area (Å²) in [5, 5.41) is 1.16. The lowest BCUT2D eigenvalue weighted by Crippen LogP contribution is -2.05. The molecule has 1 nitrogen and oxygen atoms in total. The van der Waals surface area contributed by atoms with Crippen molar-refractivity contribution in [3.63, 3.8) is 0 Å². The van der Waals surface area contributed by atoms with E-state index in [1.54, 1.807) is 6.26 Å². The van der Waals surface area contributed by atoms with Gasteiger partial charge in [0.25, 0.3) is 0 Å². The van der Waals surface area contributed by atoms with E-state index >= 15 is 0 Å². The summed E-state index contributed by atoms with van der Waals surface area (Å²) in [6.07, 6.45) is 4.56. The molecule has 1 aromatic heterocycles. The van der Waals surface area contributed by atoms with E-state index in [9.17, 15) is 0 Å². The normalized spacial score (nSPS) is 18.4. The molecule has 3 heteroatoms. The van der Waals surface area contributed by atoms with Crippen molar-refractivity contribution in [2.75, 3.05) is 11.1 Å². The Balaban J connectivity index is 1.76. The number of furan rings is 1. The average molecular weight is 275 g/mol. The maximum Gasteiger partial charge on any atom is 0.116 e. The van der Waals surface area contributed by atoms with E-state index in [1.165, 1.54) is 24.2 Å². The molecule has 0 radical (unpaired) electrons. The van der Waals surface area contributed by atoms with Crippen LogP contribution in [0.3, 0.4) is 0 Å². The second kappa shape index (κ2) is 4.31. The molecule has 0 spiro atoms. The predicted molar refractivity (Wildman–Crippen MR) is 65.1 cm³/mol. The summed E-state index contributed by atoms with van der Waals surface area (Å²) < 4.78 is 5.40. The highest BCUT2D eigenvalue weighted by atomic mass is 79.9. The molecule has 0 amide bonds. The van der Waals surface area contributed by atoms with Crippen LogP contribution in [0, 0.1) is 12.3 Å². The average Bonchev–Trinajstić information content (AvgIpc) is 2.86. The zero-order chi connectivity index (χ0) is 10.0. The maximum atomic E-state index is 5.40. The summed E-state index contributed by atoms with van der Waals surface area (Å²) >= 11 is 5.59. The number of alkyl halides is 1. The van der Waals surface area contributed by atoms with Crippen LogP contribution in [0.1, 0.15) is 24.2 Å². The summed E-state index contributed by atoms with van der Waals surface area (Å²) in [7, 11) is 0. The van der Waals surface area contributed by atoms with Crippen LogP contribution >= 0.6 is 27.7 Å². The van der Waals surface area contributed by atoms with E-state index in [2.05, 4.69) is 22.9 Å². The number of rotatable bonds is 5. The fourth-order valence-electron chi connectivity index (χ4n) is 1.41. The molecule has 78 valence electrons. The van der Waals surface area contributed by atoms with E-state index < -0.39 is 0 Å². The number of hydrogen-bond acceptors (Lipinski definition) is 2. The third kappa shape index (κ3) is 2.37. The highest BCUT2D eigenvalue weighted by Gasteiger charge is 2.41. The zero-order valence-electron chi connectivity index (χ0n) is 8.38. The lowest BCUT2D eigenvalue weighted by molar-refractivity contribution is 0.527. The summed E-state index contributed by atoms with van der Waals surface area (Å²) in [6.45, 7) is 2.11. The first-order chi connectivity index (χ1) is 6.76. The fraction of sp³-hybridized carbons (Fsp3) is 0.636. The van der Waals surface area contributed by atoms with Gasteiger partial charge in [-0.3, -0.25) is 0 Å². The third-order valence-electron chi connectivity index (χ3n) is 2.85. The molecular formula is C11H15BrOS. The molecule has 14 heavy (non-hydrogen) atoms. The molecule has 1 heterocycles. The minimum Gasteiger partial charge on any atom is -0.468 e. The summed E-state index contributed by atoms with van der Waals surface area (Å²) in [5.41, 5.74) is 1.90. The van der Waals surface area contributed by atoms with E-state index in [0.717, 1.165) is 16.8 Å². The Morgan fingerprint density at radius 2 is 2.36 bits per heavy atom. The minimum atomic E-state index is 0.616. The van der Waals surface area contributed by atoms with Crippen molar-refractivity contribution in [1.82, 2.24) is 0 Å².